The fourth-order valence-corrected chi connectivity index (χ4v) is 3.81. The molecular formula is C23H25F3N4O2. The second-order valence-corrected chi connectivity index (χ2v) is 7.69. The summed E-state index contributed by atoms with van der Waals surface area (Å²) in [6.07, 6.45) is -2.33. The number of halogens is 3. The first-order chi connectivity index (χ1) is 15.4. The van der Waals surface area contributed by atoms with Gasteiger partial charge in [-0.05, 0) is 37.2 Å². The highest BCUT2D eigenvalue weighted by Gasteiger charge is 2.34. The van der Waals surface area contributed by atoms with Crippen molar-refractivity contribution in [2.24, 2.45) is 0 Å². The van der Waals surface area contributed by atoms with Crippen molar-refractivity contribution in [3.8, 4) is 0 Å². The van der Waals surface area contributed by atoms with E-state index in [0.29, 0.717) is 36.6 Å². The molecule has 2 aromatic carbocycles. The second kappa shape index (κ2) is 9.62. The Morgan fingerprint density at radius 3 is 2.69 bits per heavy atom. The van der Waals surface area contributed by atoms with Gasteiger partial charge in [-0.15, -0.1) is 0 Å². The van der Waals surface area contributed by atoms with E-state index in [1.165, 1.54) is 12.3 Å². The summed E-state index contributed by atoms with van der Waals surface area (Å²) in [6, 6.07) is 11.2. The average molecular weight is 446 g/mol. The van der Waals surface area contributed by atoms with Crippen molar-refractivity contribution in [1.82, 2.24) is 4.90 Å². The van der Waals surface area contributed by atoms with Crippen molar-refractivity contribution in [2.75, 3.05) is 55.3 Å². The number of carbonyl (C=O) groups excluding carboxylic acids is 1. The fraction of sp³-hybridized carbons (Fsp3) is 0.348. The van der Waals surface area contributed by atoms with Crippen LogP contribution < -0.4 is 16.0 Å². The molecule has 4 rings (SSSR count). The van der Waals surface area contributed by atoms with E-state index in [0.717, 1.165) is 32.1 Å². The molecule has 32 heavy (non-hydrogen) atoms. The smallest absolute Gasteiger partial charge is 0.385 e. The normalized spacial score (nSPS) is 17.8. The number of morpholine rings is 1. The minimum atomic E-state index is -4.51. The van der Waals surface area contributed by atoms with Gasteiger partial charge >= 0.3 is 6.18 Å². The van der Waals surface area contributed by atoms with Crippen molar-refractivity contribution in [1.29, 1.82) is 0 Å². The maximum absolute atomic E-state index is 13.7. The third-order valence-electron chi connectivity index (χ3n) is 5.49. The van der Waals surface area contributed by atoms with E-state index in [9.17, 15) is 18.0 Å². The van der Waals surface area contributed by atoms with E-state index in [2.05, 4.69) is 20.9 Å². The minimum Gasteiger partial charge on any atom is -0.385 e. The first-order valence-corrected chi connectivity index (χ1v) is 10.5. The number of para-hydroxylation sites is 1. The predicted octanol–water partition coefficient (Wildman–Crippen LogP) is 4.24. The number of benzene rings is 2. The number of fused-ring (bicyclic) bond motifs is 1. The van der Waals surface area contributed by atoms with Gasteiger partial charge in [0, 0.05) is 48.5 Å². The van der Waals surface area contributed by atoms with E-state index < -0.39 is 11.7 Å². The molecule has 2 heterocycles. The predicted molar refractivity (Wildman–Crippen MR) is 118 cm³/mol. The molecule has 0 spiro atoms. The first kappa shape index (κ1) is 22.2. The molecule has 0 aromatic heterocycles. The second-order valence-electron chi connectivity index (χ2n) is 7.69. The highest BCUT2D eigenvalue weighted by atomic mass is 19.4. The quantitative estimate of drug-likeness (QED) is 0.439. The molecule has 0 radical (unpaired) electrons. The highest BCUT2D eigenvalue weighted by molar-refractivity contribution is 6.31. The summed E-state index contributed by atoms with van der Waals surface area (Å²) in [6.45, 7) is 4.36. The number of anilines is 3. The van der Waals surface area contributed by atoms with Crippen LogP contribution in [0.15, 0.2) is 48.7 Å². The molecule has 0 atom stereocenters. The van der Waals surface area contributed by atoms with Gasteiger partial charge in [0.1, 0.15) is 0 Å². The van der Waals surface area contributed by atoms with Crippen LogP contribution in [0.5, 0.6) is 0 Å². The van der Waals surface area contributed by atoms with Crippen LogP contribution in [0.4, 0.5) is 30.2 Å². The Bertz CT molecular complexity index is 1000. The van der Waals surface area contributed by atoms with Gasteiger partial charge in [-0.3, -0.25) is 9.69 Å². The van der Waals surface area contributed by atoms with Gasteiger partial charge in [0.05, 0.1) is 24.4 Å². The summed E-state index contributed by atoms with van der Waals surface area (Å²) in [5, 5.41) is 8.49. The van der Waals surface area contributed by atoms with Crippen LogP contribution in [0.1, 0.15) is 17.5 Å². The molecule has 0 bridgehead atoms. The Morgan fingerprint density at radius 2 is 1.91 bits per heavy atom. The number of amides is 1. The lowest BCUT2D eigenvalue weighted by Crippen LogP contribution is -2.37. The Kier molecular flexibility index (Phi) is 6.66. The molecule has 3 N–H and O–H groups in total. The zero-order valence-electron chi connectivity index (χ0n) is 17.5. The lowest BCUT2D eigenvalue weighted by molar-refractivity contribution is -0.136. The Hall–Kier alpha value is -3.04. The number of nitrogens with zero attached hydrogens (tertiary/aromatic N) is 1. The molecule has 2 aliphatic rings. The molecular weight excluding hydrogens is 421 g/mol. The zero-order chi connectivity index (χ0) is 22.6. The van der Waals surface area contributed by atoms with Crippen molar-refractivity contribution in [2.45, 2.75) is 12.6 Å². The van der Waals surface area contributed by atoms with Crippen molar-refractivity contribution < 1.29 is 22.7 Å². The fourth-order valence-electron chi connectivity index (χ4n) is 3.81. The van der Waals surface area contributed by atoms with Gasteiger partial charge in [-0.25, -0.2) is 0 Å². The van der Waals surface area contributed by atoms with Crippen LogP contribution >= 0.6 is 0 Å². The van der Waals surface area contributed by atoms with Gasteiger partial charge in [0.2, 0.25) is 0 Å². The lowest BCUT2D eigenvalue weighted by atomic mass is 10.1. The van der Waals surface area contributed by atoms with Crippen LogP contribution in [0, 0.1) is 0 Å². The van der Waals surface area contributed by atoms with E-state index in [1.54, 1.807) is 30.3 Å². The van der Waals surface area contributed by atoms with E-state index in [1.807, 2.05) is 0 Å². The molecule has 0 saturated carbocycles. The number of rotatable bonds is 7. The van der Waals surface area contributed by atoms with Crippen LogP contribution in [-0.2, 0) is 15.7 Å². The molecule has 2 aromatic rings. The Balaban J connectivity index is 1.42. The van der Waals surface area contributed by atoms with E-state index in [-0.39, 0.29) is 17.3 Å². The molecule has 1 fully saturated rings. The summed E-state index contributed by atoms with van der Waals surface area (Å²) < 4.78 is 46.3. The molecule has 6 nitrogen and oxygen atoms in total. The highest BCUT2D eigenvalue weighted by Crippen LogP contribution is 2.37. The molecule has 2 aliphatic heterocycles. The molecule has 9 heteroatoms. The van der Waals surface area contributed by atoms with Crippen LogP contribution in [0.25, 0.3) is 5.57 Å². The number of ether oxygens (including phenoxy) is 1. The summed E-state index contributed by atoms with van der Waals surface area (Å²) in [7, 11) is 0. The van der Waals surface area contributed by atoms with Crippen LogP contribution in [-0.4, -0.2) is 50.2 Å². The molecule has 0 aliphatic carbocycles. The topological polar surface area (TPSA) is 65.6 Å². The zero-order valence-corrected chi connectivity index (χ0v) is 17.5. The Morgan fingerprint density at radius 1 is 1.12 bits per heavy atom. The minimum absolute atomic E-state index is 0.0432. The van der Waals surface area contributed by atoms with E-state index in [4.69, 9.17) is 4.74 Å². The number of nitrogens with one attached hydrogen (secondary N) is 3. The third-order valence-corrected chi connectivity index (χ3v) is 5.49. The standard InChI is InChI=1S/C23H25F3N4O2/c24-23(25,26)19-14-16(28-15-18-17-4-1-2-5-20(17)29-22(18)31)6-7-21(19)27-8-3-9-30-10-12-32-13-11-30/h1-2,4-7,14-15,27-28H,3,8-13H2,(H,29,31). The maximum atomic E-state index is 13.7. The Labute approximate surface area is 184 Å². The average Bonchev–Trinajstić information content (AvgIpc) is 3.10. The maximum Gasteiger partial charge on any atom is 0.418 e. The number of alkyl halides is 3. The first-order valence-electron chi connectivity index (χ1n) is 10.5. The molecule has 1 amide bonds. The number of hydrogen-bond donors (Lipinski definition) is 3. The number of carbonyl (C=O) groups is 1. The van der Waals surface area contributed by atoms with Gasteiger partial charge in [-0.1, -0.05) is 18.2 Å². The van der Waals surface area contributed by atoms with Gasteiger partial charge in [-0.2, -0.15) is 13.2 Å². The van der Waals surface area contributed by atoms with Gasteiger partial charge in [0.15, 0.2) is 0 Å². The van der Waals surface area contributed by atoms with Crippen LogP contribution in [0.2, 0.25) is 0 Å². The third kappa shape index (κ3) is 5.23. The molecule has 1 saturated heterocycles. The van der Waals surface area contributed by atoms with Crippen LogP contribution in [0.3, 0.4) is 0 Å². The summed E-state index contributed by atoms with van der Waals surface area (Å²) in [4.78, 5) is 14.4. The summed E-state index contributed by atoms with van der Waals surface area (Å²) in [5.74, 6) is -0.298. The molecule has 0 unspecified atom stereocenters. The van der Waals surface area contributed by atoms with E-state index >= 15 is 0 Å². The summed E-state index contributed by atoms with van der Waals surface area (Å²) >= 11 is 0. The van der Waals surface area contributed by atoms with Crippen molar-refractivity contribution >= 4 is 28.5 Å². The van der Waals surface area contributed by atoms with Gasteiger partial charge < -0.3 is 20.7 Å². The largest absolute Gasteiger partial charge is 0.418 e. The SMILES string of the molecule is O=C1Nc2ccccc2C1=CNc1ccc(NCCCN2CCOCC2)c(C(F)(F)F)c1. The molecule has 170 valence electrons. The van der Waals surface area contributed by atoms with Gasteiger partial charge in [0.25, 0.3) is 5.91 Å². The van der Waals surface area contributed by atoms with Crippen molar-refractivity contribution in [3.63, 3.8) is 0 Å². The monoisotopic (exact) mass is 446 g/mol. The summed E-state index contributed by atoms with van der Waals surface area (Å²) in [5.41, 5.74) is 1.31. The lowest BCUT2D eigenvalue weighted by Gasteiger charge is -2.26. The van der Waals surface area contributed by atoms with Crippen molar-refractivity contribution in [3.05, 3.63) is 59.8 Å². The number of hydrogen-bond acceptors (Lipinski definition) is 5.